The quantitative estimate of drug-likeness (QED) is 0.596. The molecule has 0 N–H and O–H groups in total. The standard InChI is InChI=1S/C21H21N5O3S/c27-17(16-3-11-30-14-16)24-8-4-21(5-9-24)6-10-25-18(28)19(29)26(23-20(21)25)13-15-2-1-7-22-12-15/h1-3,7,11-12,14H,4-6,8-10,13H2. The van der Waals surface area contributed by atoms with E-state index in [1.165, 1.54) is 16.0 Å². The average Bonchev–Trinajstić information content (AvgIpc) is 3.42. The normalized spacial score (nSPS) is 17.3. The van der Waals surface area contributed by atoms with Crippen molar-refractivity contribution in [3.63, 3.8) is 0 Å². The molecule has 154 valence electrons. The van der Waals surface area contributed by atoms with Crippen molar-refractivity contribution in [3.05, 3.63) is 79.0 Å². The van der Waals surface area contributed by atoms with E-state index in [2.05, 4.69) is 10.1 Å². The smallest absolute Gasteiger partial charge is 0.332 e. The molecule has 0 aromatic carbocycles. The highest BCUT2D eigenvalue weighted by Crippen LogP contribution is 2.41. The molecule has 0 atom stereocenters. The van der Waals surface area contributed by atoms with Crippen LogP contribution in [0.3, 0.4) is 0 Å². The first-order chi connectivity index (χ1) is 14.6. The summed E-state index contributed by atoms with van der Waals surface area (Å²) in [7, 11) is 0. The molecule has 5 rings (SSSR count). The Hall–Kier alpha value is -3.07. The monoisotopic (exact) mass is 423 g/mol. The first kappa shape index (κ1) is 18.9. The highest BCUT2D eigenvalue weighted by Gasteiger charge is 2.45. The van der Waals surface area contributed by atoms with Crippen LogP contribution in [-0.2, 0) is 18.5 Å². The first-order valence-electron chi connectivity index (χ1n) is 10.0. The van der Waals surface area contributed by atoms with Crippen molar-refractivity contribution < 1.29 is 4.79 Å². The lowest BCUT2D eigenvalue weighted by Gasteiger charge is -2.38. The van der Waals surface area contributed by atoms with Crippen LogP contribution in [0.2, 0.25) is 0 Å². The molecular weight excluding hydrogens is 402 g/mol. The summed E-state index contributed by atoms with van der Waals surface area (Å²) in [6.07, 6.45) is 5.58. The predicted molar refractivity (Wildman–Crippen MR) is 112 cm³/mol. The summed E-state index contributed by atoms with van der Waals surface area (Å²) in [4.78, 5) is 43.9. The van der Waals surface area contributed by atoms with Gasteiger partial charge in [0.1, 0.15) is 5.82 Å². The number of nitrogens with zero attached hydrogens (tertiary/aromatic N) is 5. The molecule has 3 aromatic rings. The van der Waals surface area contributed by atoms with Gasteiger partial charge in [0.25, 0.3) is 5.91 Å². The second-order valence-corrected chi connectivity index (χ2v) is 8.72. The van der Waals surface area contributed by atoms with Gasteiger partial charge in [-0.1, -0.05) is 6.07 Å². The van der Waals surface area contributed by atoms with Crippen molar-refractivity contribution >= 4 is 17.2 Å². The highest BCUT2D eigenvalue weighted by atomic mass is 32.1. The molecule has 0 aliphatic carbocycles. The maximum absolute atomic E-state index is 12.7. The second kappa shape index (κ2) is 7.32. The molecule has 0 radical (unpaired) electrons. The van der Waals surface area contributed by atoms with E-state index >= 15 is 0 Å². The fraction of sp³-hybridized carbons (Fsp3) is 0.381. The van der Waals surface area contributed by atoms with Gasteiger partial charge in [-0.3, -0.25) is 23.9 Å². The van der Waals surface area contributed by atoms with Gasteiger partial charge in [-0.25, -0.2) is 4.68 Å². The van der Waals surface area contributed by atoms with E-state index in [1.54, 1.807) is 23.0 Å². The van der Waals surface area contributed by atoms with Gasteiger partial charge in [-0.15, -0.1) is 0 Å². The lowest BCUT2D eigenvalue weighted by Crippen LogP contribution is -2.48. The Labute approximate surface area is 176 Å². The van der Waals surface area contributed by atoms with E-state index in [1.807, 2.05) is 27.8 Å². The van der Waals surface area contributed by atoms with E-state index in [-0.39, 0.29) is 17.9 Å². The van der Waals surface area contributed by atoms with Crippen LogP contribution < -0.4 is 11.1 Å². The Morgan fingerprint density at radius 1 is 1.10 bits per heavy atom. The van der Waals surface area contributed by atoms with Gasteiger partial charge in [-0.05, 0) is 42.3 Å². The first-order valence-corrected chi connectivity index (χ1v) is 10.9. The summed E-state index contributed by atoms with van der Waals surface area (Å²) in [6.45, 7) is 1.95. The number of likely N-dealkylation sites (tertiary alicyclic amines) is 1. The van der Waals surface area contributed by atoms with E-state index < -0.39 is 11.1 Å². The van der Waals surface area contributed by atoms with Crippen LogP contribution in [-0.4, -0.2) is 43.2 Å². The van der Waals surface area contributed by atoms with Crippen LogP contribution in [0.4, 0.5) is 0 Å². The molecule has 0 saturated carbocycles. The number of hydrogen-bond donors (Lipinski definition) is 0. The van der Waals surface area contributed by atoms with Crippen LogP contribution in [0.1, 0.15) is 41.0 Å². The topological polar surface area (TPSA) is 90.1 Å². The summed E-state index contributed by atoms with van der Waals surface area (Å²) in [5.41, 5.74) is 0.152. The minimum absolute atomic E-state index is 0.0518. The third-order valence-electron chi connectivity index (χ3n) is 6.25. The zero-order valence-electron chi connectivity index (χ0n) is 16.4. The number of fused-ring (bicyclic) bond motifs is 2. The molecule has 2 aliphatic heterocycles. The summed E-state index contributed by atoms with van der Waals surface area (Å²) in [6, 6.07) is 5.50. The molecule has 1 spiro atoms. The minimum Gasteiger partial charge on any atom is -0.339 e. The van der Waals surface area contributed by atoms with E-state index in [0.29, 0.717) is 25.5 Å². The number of carbonyl (C=O) groups is 1. The number of pyridine rings is 1. The van der Waals surface area contributed by atoms with Gasteiger partial charge < -0.3 is 4.90 Å². The fourth-order valence-electron chi connectivity index (χ4n) is 4.53. The fourth-order valence-corrected chi connectivity index (χ4v) is 5.15. The lowest BCUT2D eigenvalue weighted by molar-refractivity contribution is 0.0662. The van der Waals surface area contributed by atoms with Crippen molar-refractivity contribution in [2.24, 2.45) is 0 Å². The molecule has 0 unspecified atom stereocenters. The third-order valence-corrected chi connectivity index (χ3v) is 6.94. The van der Waals surface area contributed by atoms with Gasteiger partial charge in [0, 0.05) is 42.8 Å². The van der Waals surface area contributed by atoms with E-state index in [0.717, 1.165) is 30.4 Å². The van der Waals surface area contributed by atoms with Crippen LogP contribution >= 0.6 is 11.3 Å². The average molecular weight is 423 g/mol. The number of thiophene rings is 1. The highest BCUT2D eigenvalue weighted by molar-refractivity contribution is 7.08. The summed E-state index contributed by atoms with van der Waals surface area (Å²) in [5.74, 6) is 0.731. The largest absolute Gasteiger partial charge is 0.339 e. The number of aromatic nitrogens is 4. The zero-order valence-corrected chi connectivity index (χ0v) is 17.2. The number of piperidine rings is 1. The lowest BCUT2D eigenvalue weighted by atomic mass is 9.76. The maximum Gasteiger partial charge on any atom is 0.332 e. The van der Waals surface area contributed by atoms with Crippen LogP contribution in [0.25, 0.3) is 0 Å². The Kier molecular flexibility index (Phi) is 4.62. The summed E-state index contributed by atoms with van der Waals surface area (Å²) < 4.78 is 2.81. The number of carbonyl (C=O) groups excluding carboxylic acids is 1. The molecule has 2 aliphatic rings. The molecule has 1 saturated heterocycles. The Bertz CT molecular complexity index is 1190. The molecule has 5 heterocycles. The summed E-state index contributed by atoms with van der Waals surface area (Å²) in [5, 5.41) is 8.42. The molecule has 30 heavy (non-hydrogen) atoms. The molecule has 9 heteroatoms. The minimum atomic E-state index is -0.607. The number of amides is 1. The second-order valence-electron chi connectivity index (χ2n) is 7.94. The molecule has 1 fully saturated rings. The third kappa shape index (κ3) is 3.09. The Morgan fingerprint density at radius 2 is 1.90 bits per heavy atom. The van der Waals surface area contributed by atoms with Gasteiger partial charge in [0.15, 0.2) is 0 Å². The Morgan fingerprint density at radius 3 is 2.60 bits per heavy atom. The zero-order chi connectivity index (χ0) is 20.7. The van der Waals surface area contributed by atoms with Crippen LogP contribution in [0, 0.1) is 0 Å². The van der Waals surface area contributed by atoms with Gasteiger partial charge in [0.2, 0.25) is 0 Å². The SMILES string of the molecule is O=C(c1ccsc1)N1CCC2(CC1)CCn1c2nn(Cc2cccnc2)c(=O)c1=O. The van der Waals surface area contributed by atoms with Gasteiger partial charge in [0.05, 0.1) is 12.1 Å². The van der Waals surface area contributed by atoms with Crippen molar-refractivity contribution in [2.75, 3.05) is 13.1 Å². The predicted octanol–water partition coefficient (Wildman–Crippen LogP) is 1.49. The molecule has 3 aromatic heterocycles. The van der Waals surface area contributed by atoms with Crippen LogP contribution in [0.15, 0.2) is 50.9 Å². The molecular formula is C21H21N5O3S. The van der Waals surface area contributed by atoms with Crippen molar-refractivity contribution in [2.45, 2.75) is 37.8 Å². The summed E-state index contributed by atoms with van der Waals surface area (Å²) >= 11 is 1.51. The Balaban J connectivity index is 1.43. The van der Waals surface area contributed by atoms with E-state index in [9.17, 15) is 14.4 Å². The molecule has 1 amide bonds. The number of hydrogen-bond acceptors (Lipinski definition) is 6. The van der Waals surface area contributed by atoms with Crippen molar-refractivity contribution in [3.8, 4) is 0 Å². The van der Waals surface area contributed by atoms with Crippen molar-refractivity contribution in [1.29, 1.82) is 0 Å². The van der Waals surface area contributed by atoms with Crippen LogP contribution in [0.5, 0.6) is 0 Å². The van der Waals surface area contributed by atoms with Crippen molar-refractivity contribution in [1.82, 2.24) is 24.2 Å². The molecule has 0 bridgehead atoms. The molecule has 8 nitrogen and oxygen atoms in total. The van der Waals surface area contributed by atoms with Gasteiger partial charge >= 0.3 is 11.1 Å². The maximum atomic E-state index is 12.7. The van der Waals surface area contributed by atoms with Gasteiger partial charge in [-0.2, -0.15) is 16.4 Å². The number of rotatable bonds is 3. The van der Waals surface area contributed by atoms with E-state index in [4.69, 9.17) is 0 Å².